The number of nitrogens with two attached hydrogens (primary N) is 1. The summed E-state index contributed by atoms with van der Waals surface area (Å²) in [5.74, 6) is 0.0678. The number of hydrogen-bond acceptors (Lipinski definition) is 3. The van der Waals surface area contributed by atoms with E-state index in [0.29, 0.717) is 6.54 Å². The molecule has 2 unspecified atom stereocenters. The van der Waals surface area contributed by atoms with Gasteiger partial charge < -0.3 is 16.0 Å². The summed E-state index contributed by atoms with van der Waals surface area (Å²) >= 11 is 0. The number of nitrogens with zero attached hydrogens (tertiary/aromatic N) is 1. The molecule has 0 fully saturated rings. The van der Waals surface area contributed by atoms with Gasteiger partial charge in [0.2, 0.25) is 5.91 Å². The lowest BCUT2D eigenvalue weighted by molar-refractivity contribution is -0.120. The maximum atomic E-state index is 12.0. The maximum absolute atomic E-state index is 12.0. The fourth-order valence-corrected chi connectivity index (χ4v) is 2.47. The quantitative estimate of drug-likeness (QED) is 0.858. The van der Waals surface area contributed by atoms with E-state index in [0.717, 1.165) is 25.1 Å². The third-order valence-corrected chi connectivity index (χ3v) is 3.62. The summed E-state index contributed by atoms with van der Waals surface area (Å²) in [5.41, 5.74) is 8.45. The van der Waals surface area contributed by atoms with Crippen molar-refractivity contribution in [3.63, 3.8) is 0 Å². The summed E-state index contributed by atoms with van der Waals surface area (Å²) in [6.07, 6.45) is 1.83. The molecule has 104 valence electrons. The lowest BCUT2D eigenvalue weighted by Crippen LogP contribution is -2.48. The summed E-state index contributed by atoms with van der Waals surface area (Å²) in [6, 6.07) is 8.52. The van der Waals surface area contributed by atoms with Crippen molar-refractivity contribution >= 4 is 11.6 Å². The van der Waals surface area contributed by atoms with Crippen LogP contribution in [0.3, 0.4) is 0 Å². The predicted octanol–water partition coefficient (Wildman–Crippen LogP) is 1.29. The van der Waals surface area contributed by atoms with E-state index in [2.05, 4.69) is 29.3 Å². The minimum absolute atomic E-state index is 0.0678. The molecule has 3 N–H and O–H groups in total. The molecule has 0 saturated heterocycles. The van der Waals surface area contributed by atoms with E-state index in [9.17, 15) is 4.79 Å². The molecule has 19 heavy (non-hydrogen) atoms. The van der Waals surface area contributed by atoms with Crippen LogP contribution in [0.5, 0.6) is 0 Å². The average molecular weight is 261 g/mol. The Morgan fingerprint density at radius 3 is 3.00 bits per heavy atom. The number of fused-ring (bicyclic) bond motifs is 1. The van der Waals surface area contributed by atoms with Gasteiger partial charge in [0.15, 0.2) is 0 Å². The van der Waals surface area contributed by atoms with Crippen molar-refractivity contribution < 1.29 is 4.79 Å². The molecule has 0 aliphatic carbocycles. The van der Waals surface area contributed by atoms with Gasteiger partial charge in [-0.15, -0.1) is 0 Å². The molecule has 1 aromatic rings. The van der Waals surface area contributed by atoms with E-state index in [1.165, 1.54) is 5.56 Å². The monoisotopic (exact) mass is 261 g/mol. The third-order valence-electron chi connectivity index (χ3n) is 3.62. The number of para-hydroxylation sites is 1. The first-order valence-corrected chi connectivity index (χ1v) is 6.98. The zero-order chi connectivity index (χ0) is 13.8. The first-order chi connectivity index (χ1) is 9.10. The van der Waals surface area contributed by atoms with Gasteiger partial charge in [-0.25, -0.2) is 0 Å². The average Bonchev–Trinajstić information content (AvgIpc) is 2.38. The fourth-order valence-electron chi connectivity index (χ4n) is 2.47. The number of benzene rings is 1. The summed E-state index contributed by atoms with van der Waals surface area (Å²) in [4.78, 5) is 14.1. The summed E-state index contributed by atoms with van der Waals surface area (Å²) in [7, 11) is 0. The minimum Gasteiger partial charge on any atom is -0.360 e. The van der Waals surface area contributed by atoms with Crippen LogP contribution in [-0.4, -0.2) is 31.1 Å². The Morgan fingerprint density at radius 2 is 2.26 bits per heavy atom. The molecule has 0 bridgehead atoms. The number of amides is 1. The second-order valence-electron chi connectivity index (χ2n) is 5.35. The molecule has 1 amide bonds. The van der Waals surface area contributed by atoms with E-state index >= 15 is 0 Å². The number of hydrogen-bond donors (Lipinski definition) is 2. The smallest absolute Gasteiger partial charge is 0.239 e. The van der Waals surface area contributed by atoms with Crippen molar-refractivity contribution in [2.24, 2.45) is 5.73 Å². The van der Waals surface area contributed by atoms with Crippen LogP contribution in [0, 0.1) is 0 Å². The fraction of sp³-hybridized carbons (Fsp3) is 0.533. The van der Waals surface area contributed by atoms with E-state index in [4.69, 9.17) is 5.73 Å². The molecule has 1 aromatic carbocycles. The lowest BCUT2D eigenvalue weighted by Gasteiger charge is -2.34. The van der Waals surface area contributed by atoms with Crippen molar-refractivity contribution in [1.82, 2.24) is 5.32 Å². The Balaban J connectivity index is 2.06. The van der Waals surface area contributed by atoms with Crippen LogP contribution in [0.25, 0.3) is 0 Å². The number of carbonyl (C=O) groups excluding carboxylic acids is 1. The highest BCUT2D eigenvalue weighted by atomic mass is 16.2. The van der Waals surface area contributed by atoms with Crippen LogP contribution >= 0.6 is 0 Å². The van der Waals surface area contributed by atoms with Crippen LogP contribution in [0.15, 0.2) is 24.3 Å². The summed E-state index contributed by atoms with van der Waals surface area (Å²) in [5, 5.41) is 3.00. The Hall–Kier alpha value is -1.55. The van der Waals surface area contributed by atoms with Crippen molar-refractivity contribution in [3.8, 4) is 0 Å². The maximum Gasteiger partial charge on any atom is 0.239 e. The molecule has 4 heteroatoms. The normalized spacial score (nSPS) is 19.7. The number of rotatable bonds is 4. The predicted molar refractivity (Wildman–Crippen MR) is 78.2 cm³/mol. The summed E-state index contributed by atoms with van der Waals surface area (Å²) in [6.45, 7) is 5.21. The Bertz CT molecular complexity index is 447. The van der Waals surface area contributed by atoms with Gasteiger partial charge in [0.25, 0.3) is 0 Å². The van der Waals surface area contributed by atoms with Gasteiger partial charge in [-0.05, 0) is 31.4 Å². The summed E-state index contributed by atoms with van der Waals surface area (Å²) < 4.78 is 0. The largest absolute Gasteiger partial charge is 0.360 e. The van der Waals surface area contributed by atoms with Gasteiger partial charge in [0.1, 0.15) is 0 Å². The van der Waals surface area contributed by atoms with Gasteiger partial charge in [-0.3, -0.25) is 4.79 Å². The van der Waals surface area contributed by atoms with Gasteiger partial charge in [-0.1, -0.05) is 25.1 Å². The Kier molecular flexibility index (Phi) is 4.43. The molecule has 2 rings (SSSR count). The van der Waals surface area contributed by atoms with E-state index in [1.807, 2.05) is 19.1 Å². The highest BCUT2D eigenvalue weighted by Gasteiger charge is 2.23. The first-order valence-electron chi connectivity index (χ1n) is 6.98. The number of anilines is 1. The van der Waals surface area contributed by atoms with Crippen LogP contribution < -0.4 is 16.0 Å². The first kappa shape index (κ1) is 13.9. The van der Waals surface area contributed by atoms with E-state index in [1.54, 1.807) is 0 Å². The van der Waals surface area contributed by atoms with E-state index < -0.39 is 0 Å². The molecule has 0 radical (unpaired) electrons. The van der Waals surface area contributed by atoms with Gasteiger partial charge in [0.05, 0.1) is 6.54 Å². The molecule has 0 saturated carbocycles. The second kappa shape index (κ2) is 6.06. The molecule has 0 spiro atoms. The lowest BCUT2D eigenvalue weighted by atomic mass is 9.98. The minimum atomic E-state index is 0.0678. The topological polar surface area (TPSA) is 58.4 Å². The van der Waals surface area contributed by atoms with Gasteiger partial charge >= 0.3 is 0 Å². The number of carbonyl (C=O) groups is 1. The molecular weight excluding hydrogens is 238 g/mol. The van der Waals surface area contributed by atoms with Crippen LogP contribution in [0.1, 0.15) is 25.8 Å². The van der Waals surface area contributed by atoms with Crippen molar-refractivity contribution in [1.29, 1.82) is 0 Å². The molecule has 2 atom stereocenters. The molecule has 1 heterocycles. The third kappa shape index (κ3) is 3.47. The van der Waals surface area contributed by atoms with Crippen LogP contribution in [0.4, 0.5) is 5.69 Å². The van der Waals surface area contributed by atoms with Crippen molar-refractivity contribution in [2.45, 2.75) is 38.8 Å². The standard InChI is InChI=1S/C15H23N3O/c1-3-11(2)17-15(19)10-18-9-13(16)8-12-6-4-5-7-14(12)18/h4-7,11,13H,3,8-10,16H2,1-2H3,(H,17,19). The van der Waals surface area contributed by atoms with Crippen LogP contribution in [-0.2, 0) is 11.2 Å². The second-order valence-corrected chi connectivity index (χ2v) is 5.35. The molecule has 1 aliphatic heterocycles. The SMILES string of the molecule is CCC(C)NC(=O)CN1CC(N)Cc2ccccc21. The van der Waals surface area contributed by atoms with Crippen molar-refractivity contribution in [2.75, 3.05) is 18.0 Å². The molecule has 1 aliphatic rings. The zero-order valence-electron chi connectivity index (χ0n) is 11.7. The Labute approximate surface area is 115 Å². The number of nitrogens with one attached hydrogen (secondary N) is 1. The zero-order valence-corrected chi connectivity index (χ0v) is 11.7. The van der Waals surface area contributed by atoms with Gasteiger partial charge in [0, 0.05) is 24.3 Å². The Morgan fingerprint density at radius 1 is 1.53 bits per heavy atom. The van der Waals surface area contributed by atoms with E-state index in [-0.39, 0.29) is 18.0 Å². The molecular formula is C15H23N3O. The van der Waals surface area contributed by atoms with Gasteiger partial charge in [-0.2, -0.15) is 0 Å². The molecule has 4 nitrogen and oxygen atoms in total. The molecule has 0 aromatic heterocycles. The highest BCUT2D eigenvalue weighted by Crippen LogP contribution is 2.25. The van der Waals surface area contributed by atoms with Crippen LogP contribution in [0.2, 0.25) is 0 Å². The van der Waals surface area contributed by atoms with Crippen molar-refractivity contribution in [3.05, 3.63) is 29.8 Å². The highest BCUT2D eigenvalue weighted by molar-refractivity contribution is 5.82.